The highest BCUT2D eigenvalue weighted by Crippen LogP contribution is 2.42. The number of halogens is 2. The van der Waals surface area contributed by atoms with Crippen molar-refractivity contribution in [2.45, 2.75) is 56.0 Å². The third-order valence-electron chi connectivity index (χ3n) is 3.89. The first-order chi connectivity index (χ1) is 9.21. The molecule has 2 nitrogen and oxygen atoms in total. The van der Waals surface area contributed by atoms with Gasteiger partial charge in [-0.1, -0.05) is 34.9 Å². The van der Waals surface area contributed by atoms with Crippen LogP contribution in [-0.2, 0) is 9.47 Å². The number of ether oxygens (including phenoxy) is 2. The Morgan fingerprint density at radius 3 is 2.95 bits per heavy atom. The molecule has 4 heteroatoms. The molecule has 19 heavy (non-hydrogen) atoms. The summed E-state index contributed by atoms with van der Waals surface area (Å²) in [6.07, 6.45) is 12.4. The van der Waals surface area contributed by atoms with Crippen molar-refractivity contribution in [1.29, 1.82) is 0 Å². The fourth-order valence-electron chi connectivity index (χ4n) is 2.78. The molecule has 2 rings (SSSR count). The Morgan fingerprint density at radius 1 is 1.53 bits per heavy atom. The molecule has 0 aliphatic carbocycles. The molecule has 0 saturated carbocycles. The molecule has 0 aromatic carbocycles. The lowest BCUT2D eigenvalue weighted by atomic mass is 9.97. The van der Waals surface area contributed by atoms with Crippen LogP contribution in [0.15, 0.2) is 12.2 Å². The molecule has 2 fully saturated rings. The molecule has 0 radical (unpaired) electrons. The van der Waals surface area contributed by atoms with Gasteiger partial charge in [-0.25, -0.2) is 0 Å². The lowest BCUT2D eigenvalue weighted by molar-refractivity contribution is -0.0484. The monoisotopic (exact) mass is 346 g/mol. The van der Waals surface area contributed by atoms with E-state index in [-0.39, 0.29) is 17.6 Å². The Balaban J connectivity index is 1.98. The maximum absolute atomic E-state index is 6.45. The van der Waals surface area contributed by atoms with Crippen molar-refractivity contribution in [1.82, 2.24) is 0 Å². The predicted molar refractivity (Wildman–Crippen MR) is 81.7 cm³/mol. The minimum absolute atomic E-state index is 0.0439. The van der Waals surface area contributed by atoms with Crippen molar-refractivity contribution < 1.29 is 9.47 Å². The maximum atomic E-state index is 6.45. The van der Waals surface area contributed by atoms with E-state index in [4.69, 9.17) is 27.5 Å². The molecule has 106 valence electrons. The zero-order chi connectivity index (χ0) is 13.8. The van der Waals surface area contributed by atoms with Crippen molar-refractivity contribution in [3.8, 4) is 12.3 Å². The van der Waals surface area contributed by atoms with E-state index in [1.165, 1.54) is 0 Å². The molecule has 6 unspecified atom stereocenters. The van der Waals surface area contributed by atoms with Crippen LogP contribution in [0.5, 0.6) is 0 Å². The van der Waals surface area contributed by atoms with Crippen LogP contribution in [0.2, 0.25) is 0 Å². The van der Waals surface area contributed by atoms with Gasteiger partial charge in [0, 0.05) is 17.7 Å². The van der Waals surface area contributed by atoms with Gasteiger partial charge in [-0.05, 0) is 18.9 Å². The normalized spacial score (nSPS) is 39.4. The standard InChI is InChI=1S/C15H20BrClO2/c1-3-5-6-7-11(17)13-8-14-15(19-14)10(9-16)12(4-2)18-13/h1,5-6,10-15H,4,7-9H2,2H3. The second kappa shape index (κ2) is 7.13. The predicted octanol–water partition coefficient (Wildman–Crippen LogP) is 3.52. The fourth-order valence-corrected chi connectivity index (χ4v) is 3.83. The van der Waals surface area contributed by atoms with Gasteiger partial charge in [-0.15, -0.1) is 18.0 Å². The summed E-state index contributed by atoms with van der Waals surface area (Å²) < 4.78 is 12.0. The maximum Gasteiger partial charge on any atom is 0.0903 e. The quantitative estimate of drug-likeness (QED) is 0.431. The SMILES string of the molecule is C#CC=CCC(Cl)C1CC2OC2C(CBr)C(CC)O1. The molecular formula is C15H20BrClO2. The number of hydrogen-bond acceptors (Lipinski definition) is 2. The second-order valence-electron chi connectivity index (χ2n) is 5.13. The van der Waals surface area contributed by atoms with Crippen molar-refractivity contribution in [2.24, 2.45) is 5.92 Å². The molecule has 0 aromatic rings. The molecule has 0 spiro atoms. The lowest BCUT2D eigenvalue weighted by Crippen LogP contribution is -2.34. The molecule has 2 saturated heterocycles. The van der Waals surface area contributed by atoms with E-state index in [0.717, 1.165) is 24.6 Å². The third kappa shape index (κ3) is 3.76. The minimum atomic E-state index is -0.0439. The van der Waals surface area contributed by atoms with E-state index in [9.17, 15) is 0 Å². The number of hydrogen-bond donors (Lipinski definition) is 0. The molecule has 0 aromatic heterocycles. The number of epoxide rings is 1. The molecule has 0 bridgehead atoms. The number of allylic oxidation sites excluding steroid dienone is 2. The summed E-state index contributed by atoms with van der Waals surface area (Å²) in [5.41, 5.74) is 0. The van der Waals surface area contributed by atoms with Gasteiger partial charge in [-0.2, -0.15) is 0 Å². The number of rotatable bonds is 5. The Kier molecular flexibility index (Phi) is 5.77. The molecule has 0 N–H and O–H groups in total. The molecule has 0 amide bonds. The topological polar surface area (TPSA) is 21.8 Å². The first-order valence-electron chi connectivity index (χ1n) is 6.83. The van der Waals surface area contributed by atoms with Crippen LogP contribution in [0.25, 0.3) is 0 Å². The van der Waals surface area contributed by atoms with E-state index in [2.05, 4.69) is 28.8 Å². The summed E-state index contributed by atoms with van der Waals surface area (Å²) in [5.74, 6) is 2.92. The summed E-state index contributed by atoms with van der Waals surface area (Å²) in [4.78, 5) is 0. The highest BCUT2D eigenvalue weighted by atomic mass is 79.9. The minimum Gasteiger partial charge on any atom is -0.373 e. The second-order valence-corrected chi connectivity index (χ2v) is 6.34. The Morgan fingerprint density at radius 2 is 2.32 bits per heavy atom. The smallest absolute Gasteiger partial charge is 0.0903 e. The summed E-state index contributed by atoms with van der Waals surface area (Å²) in [6, 6.07) is 0. The largest absolute Gasteiger partial charge is 0.373 e. The third-order valence-corrected chi connectivity index (χ3v) is 5.10. The Labute approximate surface area is 129 Å². The summed E-state index contributed by atoms with van der Waals surface area (Å²) in [7, 11) is 0. The van der Waals surface area contributed by atoms with Gasteiger partial charge in [0.25, 0.3) is 0 Å². The van der Waals surface area contributed by atoms with Gasteiger partial charge < -0.3 is 9.47 Å². The van der Waals surface area contributed by atoms with Crippen LogP contribution in [0.1, 0.15) is 26.2 Å². The van der Waals surface area contributed by atoms with Gasteiger partial charge in [0.15, 0.2) is 0 Å². The fraction of sp³-hybridized carbons (Fsp3) is 0.733. The van der Waals surface area contributed by atoms with Gasteiger partial charge in [0.05, 0.1) is 29.8 Å². The van der Waals surface area contributed by atoms with Crippen molar-refractivity contribution in [3.05, 3.63) is 12.2 Å². The van der Waals surface area contributed by atoms with Crippen LogP contribution in [0.3, 0.4) is 0 Å². The highest BCUT2D eigenvalue weighted by Gasteiger charge is 2.51. The van der Waals surface area contributed by atoms with Crippen molar-refractivity contribution in [2.75, 3.05) is 5.33 Å². The van der Waals surface area contributed by atoms with E-state index in [1.807, 2.05) is 6.08 Å². The van der Waals surface area contributed by atoms with Gasteiger partial charge in [0.2, 0.25) is 0 Å². The zero-order valence-electron chi connectivity index (χ0n) is 11.1. The van der Waals surface area contributed by atoms with Crippen LogP contribution in [0, 0.1) is 18.3 Å². The van der Waals surface area contributed by atoms with Gasteiger partial charge in [0.1, 0.15) is 0 Å². The summed E-state index contributed by atoms with van der Waals surface area (Å²) in [6.45, 7) is 2.15. The Bertz CT molecular complexity index is 366. The first-order valence-corrected chi connectivity index (χ1v) is 8.39. The van der Waals surface area contributed by atoms with Gasteiger partial charge in [-0.3, -0.25) is 0 Å². The summed E-state index contributed by atoms with van der Waals surface area (Å²) >= 11 is 10.0. The van der Waals surface area contributed by atoms with E-state index >= 15 is 0 Å². The summed E-state index contributed by atoms with van der Waals surface area (Å²) in [5, 5.41) is 0.876. The van der Waals surface area contributed by atoms with Crippen LogP contribution < -0.4 is 0 Å². The number of terminal acetylenes is 1. The zero-order valence-corrected chi connectivity index (χ0v) is 13.4. The first kappa shape index (κ1) is 15.4. The van der Waals surface area contributed by atoms with Crippen molar-refractivity contribution >= 4 is 27.5 Å². The molecular weight excluding hydrogens is 328 g/mol. The van der Waals surface area contributed by atoms with Crippen LogP contribution in [-0.4, -0.2) is 35.1 Å². The van der Waals surface area contributed by atoms with E-state index < -0.39 is 0 Å². The number of alkyl halides is 2. The molecule has 2 aliphatic heterocycles. The Hall–Kier alpha value is -0.0100. The average molecular weight is 348 g/mol. The van der Waals surface area contributed by atoms with Crippen molar-refractivity contribution in [3.63, 3.8) is 0 Å². The van der Waals surface area contributed by atoms with Gasteiger partial charge >= 0.3 is 0 Å². The van der Waals surface area contributed by atoms with Crippen LogP contribution >= 0.6 is 27.5 Å². The molecule has 6 atom stereocenters. The molecule has 2 aliphatic rings. The highest BCUT2D eigenvalue weighted by molar-refractivity contribution is 9.09. The molecule has 2 heterocycles. The lowest BCUT2D eigenvalue weighted by Gasteiger charge is -2.28. The average Bonchev–Trinajstić information content (AvgIpc) is 3.16. The van der Waals surface area contributed by atoms with E-state index in [0.29, 0.717) is 18.1 Å². The van der Waals surface area contributed by atoms with Crippen LogP contribution in [0.4, 0.5) is 0 Å². The van der Waals surface area contributed by atoms with E-state index in [1.54, 1.807) is 6.08 Å². The number of fused-ring (bicyclic) bond motifs is 1.